The predicted octanol–water partition coefficient (Wildman–Crippen LogP) is 3.17. The van der Waals surface area contributed by atoms with Crippen LogP contribution in [0, 0.1) is 6.92 Å². The lowest BCUT2D eigenvalue weighted by atomic mass is 9.89. The highest BCUT2D eigenvalue weighted by atomic mass is 16.2. The molecule has 0 aliphatic carbocycles. The molecule has 4 rings (SSSR count). The van der Waals surface area contributed by atoms with Gasteiger partial charge >= 0.3 is 0 Å². The SMILES string of the molecule is Cc1cc([C@H]2CCCN(C(=O)CCn3cccn3)C2)cc2[nH]c(C(=O)N(C)C)cc12. The molecule has 1 saturated heterocycles. The molecule has 0 spiro atoms. The summed E-state index contributed by atoms with van der Waals surface area (Å²) in [6.07, 6.45) is 6.16. The Morgan fingerprint density at radius 3 is 2.83 bits per heavy atom. The van der Waals surface area contributed by atoms with Gasteiger partial charge in [-0.05, 0) is 49.1 Å². The third kappa shape index (κ3) is 4.10. The van der Waals surface area contributed by atoms with Crippen molar-refractivity contribution >= 4 is 22.7 Å². The van der Waals surface area contributed by atoms with E-state index >= 15 is 0 Å². The maximum absolute atomic E-state index is 12.7. The average Bonchev–Trinajstić information content (AvgIpc) is 3.41. The molecule has 2 amide bonds. The molecule has 3 aromatic rings. The van der Waals surface area contributed by atoms with Gasteiger partial charge in [-0.25, -0.2) is 0 Å². The Hall–Kier alpha value is -3.09. The van der Waals surface area contributed by atoms with Gasteiger partial charge in [-0.15, -0.1) is 0 Å². The molecule has 1 aliphatic rings. The van der Waals surface area contributed by atoms with Gasteiger partial charge in [0.15, 0.2) is 0 Å². The van der Waals surface area contributed by atoms with E-state index in [0.717, 1.165) is 42.4 Å². The molecule has 0 bridgehead atoms. The van der Waals surface area contributed by atoms with Crippen LogP contribution in [0.1, 0.15) is 46.8 Å². The summed E-state index contributed by atoms with van der Waals surface area (Å²) in [6.45, 7) is 4.26. The molecular formula is C23H29N5O2. The summed E-state index contributed by atoms with van der Waals surface area (Å²) in [5.74, 6) is 0.470. The van der Waals surface area contributed by atoms with Crippen molar-refractivity contribution in [2.45, 2.75) is 38.6 Å². The number of hydrogen-bond acceptors (Lipinski definition) is 3. The lowest BCUT2D eigenvalue weighted by Gasteiger charge is -2.33. The van der Waals surface area contributed by atoms with E-state index in [1.165, 1.54) is 5.56 Å². The van der Waals surface area contributed by atoms with Crippen LogP contribution in [-0.2, 0) is 11.3 Å². The molecule has 1 aromatic carbocycles. The Morgan fingerprint density at radius 1 is 1.27 bits per heavy atom. The number of H-pyrrole nitrogens is 1. The molecule has 1 aliphatic heterocycles. The Balaban J connectivity index is 1.49. The van der Waals surface area contributed by atoms with Crippen molar-refractivity contribution in [3.05, 3.63) is 53.5 Å². The normalized spacial score (nSPS) is 16.8. The maximum atomic E-state index is 12.7. The van der Waals surface area contributed by atoms with Gasteiger partial charge in [0.05, 0.1) is 0 Å². The van der Waals surface area contributed by atoms with E-state index in [-0.39, 0.29) is 11.8 Å². The fourth-order valence-electron chi connectivity index (χ4n) is 4.32. The number of benzene rings is 1. The number of likely N-dealkylation sites (tertiary alicyclic amines) is 1. The number of aromatic amines is 1. The molecule has 158 valence electrons. The summed E-state index contributed by atoms with van der Waals surface area (Å²) in [5, 5.41) is 5.25. The number of fused-ring (bicyclic) bond motifs is 1. The van der Waals surface area contributed by atoms with Crippen molar-refractivity contribution in [1.29, 1.82) is 0 Å². The van der Waals surface area contributed by atoms with Crippen LogP contribution in [0.3, 0.4) is 0 Å². The Kier molecular flexibility index (Phi) is 5.61. The van der Waals surface area contributed by atoms with Gasteiger partial charge in [0.2, 0.25) is 5.91 Å². The van der Waals surface area contributed by atoms with Gasteiger partial charge in [0.1, 0.15) is 5.69 Å². The van der Waals surface area contributed by atoms with Crippen LogP contribution in [0.5, 0.6) is 0 Å². The molecule has 7 heteroatoms. The second kappa shape index (κ2) is 8.34. The zero-order valence-electron chi connectivity index (χ0n) is 17.9. The fourth-order valence-corrected chi connectivity index (χ4v) is 4.32. The van der Waals surface area contributed by atoms with Crippen LogP contribution >= 0.6 is 0 Å². The lowest BCUT2D eigenvalue weighted by Crippen LogP contribution is -2.39. The number of aryl methyl sites for hydroxylation is 2. The van der Waals surface area contributed by atoms with E-state index in [0.29, 0.717) is 24.6 Å². The molecule has 1 fully saturated rings. The third-order valence-corrected chi connectivity index (χ3v) is 5.96. The Bertz CT molecular complexity index is 1050. The number of nitrogens with zero attached hydrogens (tertiary/aromatic N) is 4. The van der Waals surface area contributed by atoms with Crippen LogP contribution in [0.2, 0.25) is 0 Å². The lowest BCUT2D eigenvalue weighted by molar-refractivity contribution is -0.132. The number of hydrogen-bond donors (Lipinski definition) is 1. The van der Waals surface area contributed by atoms with Gasteiger partial charge in [0.25, 0.3) is 5.91 Å². The van der Waals surface area contributed by atoms with Crippen molar-refractivity contribution in [3.8, 4) is 0 Å². The summed E-state index contributed by atoms with van der Waals surface area (Å²) in [5.41, 5.74) is 3.97. The number of carbonyl (C=O) groups is 2. The predicted molar refractivity (Wildman–Crippen MR) is 116 cm³/mol. The molecule has 2 aromatic heterocycles. The maximum Gasteiger partial charge on any atom is 0.269 e. The van der Waals surface area contributed by atoms with Gasteiger partial charge < -0.3 is 14.8 Å². The highest BCUT2D eigenvalue weighted by Gasteiger charge is 2.25. The highest BCUT2D eigenvalue weighted by molar-refractivity contribution is 5.98. The number of carbonyl (C=O) groups excluding carboxylic acids is 2. The molecular weight excluding hydrogens is 378 g/mol. The third-order valence-electron chi connectivity index (χ3n) is 5.96. The van der Waals surface area contributed by atoms with Crippen LogP contribution in [-0.4, -0.2) is 63.6 Å². The van der Waals surface area contributed by atoms with Gasteiger partial charge in [0, 0.05) is 69.4 Å². The number of amides is 2. The van der Waals surface area contributed by atoms with Crippen molar-refractivity contribution in [3.63, 3.8) is 0 Å². The van der Waals surface area contributed by atoms with Gasteiger partial charge in [-0.3, -0.25) is 14.3 Å². The van der Waals surface area contributed by atoms with E-state index in [1.54, 1.807) is 29.9 Å². The van der Waals surface area contributed by atoms with Crippen LogP contribution < -0.4 is 0 Å². The zero-order chi connectivity index (χ0) is 21.3. The van der Waals surface area contributed by atoms with Crippen molar-refractivity contribution in [2.24, 2.45) is 0 Å². The molecule has 1 N–H and O–H groups in total. The number of aromatic nitrogens is 3. The van der Waals surface area contributed by atoms with Gasteiger partial charge in [-0.1, -0.05) is 6.07 Å². The first-order valence-electron chi connectivity index (χ1n) is 10.5. The van der Waals surface area contributed by atoms with E-state index in [2.05, 4.69) is 29.1 Å². The summed E-state index contributed by atoms with van der Waals surface area (Å²) in [6, 6.07) is 8.17. The first-order chi connectivity index (χ1) is 14.4. The quantitative estimate of drug-likeness (QED) is 0.706. The first kappa shape index (κ1) is 20.2. The minimum absolute atomic E-state index is 0.0289. The first-order valence-corrected chi connectivity index (χ1v) is 10.5. The van der Waals surface area contributed by atoms with E-state index in [4.69, 9.17) is 0 Å². The second-order valence-corrected chi connectivity index (χ2v) is 8.38. The Labute approximate surface area is 176 Å². The fraction of sp³-hybridized carbons (Fsp3) is 0.435. The molecule has 0 unspecified atom stereocenters. The number of piperidine rings is 1. The van der Waals surface area contributed by atoms with Gasteiger partial charge in [-0.2, -0.15) is 5.10 Å². The number of nitrogens with one attached hydrogen (secondary N) is 1. The van der Waals surface area contributed by atoms with Crippen LogP contribution in [0.15, 0.2) is 36.7 Å². The van der Waals surface area contributed by atoms with Crippen molar-refractivity contribution < 1.29 is 9.59 Å². The highest BCUT2D eigenvalue weighted by Crippen LogP contribution is 2.31. The second-order valence-electron chi connectivity index (χ2n) is 8.38. The summed E-state index contributed by atoms with van der Waals surface area (Å²) in [4.78, 5) is 31.9. The standard InChI is InChI=1S/C23H29N5O2/c1-16-12-18(13-20-19(16)14-21(25-20)23(30)26(2)3)17-6-4-9-27(15-17)22(29)7-11-28-10-5-8-24-28/h5,8,10,12-14,17,25H,4,6-7,9,11,15H2,1-3H3/t17-/m0/s1. The minimum Gasteiger partial charge on any atom is -0.351 e. The van der Waals surface area contributed by atoms with E-state index in [1.807, 2.05) is 23.2 Å². The van der Waals surface area contributed by atoms with Crippen LogP contribution in [0.4, 0.5) is 0 Å². The smallest absolute Gasteiger partial charge is 0.269 e. The summed E-state index contributed by atoms with van der Waals surface area (Å²) >= 11 is 0. The summed E-state index contributed by atoms with van der Waals surface area (Å²) < 4.78 is 1.80. The summed E-state index contributed by atoms with van der Waals surface area (Å²) in [7, 11) is 3.51. The number of rotatable bonds is 5. The zero-order valence-corrected chi connectivity index (χ0v) is 17.9. The monoisotopic (exact) mass is 407 g/mol. The molecule has 1 atom stereocenters. The molecule has 3 heterocycles. The minimum atomic E-state index is -0.0289. The molecule has 0 saturated carbocycles. The topological polar surface area (TPSA) is 74.2 Å². The Morgan fingerprint density at radius 2 is 2.10 bits per heavy atom. The van der Waals surface area contributed by atoms with E-state index in [9.17, 15) is 9.59 Å². The molecule has 0 radical (unpaired) electrons. The largest absolute Gasteiger partial charge is 0.351 e. The van der Waals surface area contributed by atoms with Crippen molar-refractivity contribution in [2.75, 3.05) is 27.2 Å². The van der Waals surface area contributed by atoms with E-state index < -0.39 is 0 Å². The molecule has 30 heavy (non-hydrogen) atoms. The van der Waals surface area contributed by atoms with Crippen molar-refractivity contribution in [1.82, 2.24) is 24.6 Å². The molecule has 7 nitrogen and oxygen atoms in total. The average molecular weight is 408 g/mol. The van der Waals surface area contributed by atoms with Crippen LogP contribution in [0.25, 0.3) is 10.9 Å².